The van der Waals surface area contributed by atoms with Crippen molar-refractivity contribution < 1.29 is 12.8 Å². The van der Waals surface area contributed by atoms with Gasteiger partial charge in [-0.3, -0.25) is 4.57 Å². The zero-order chi connectivity index (χ0) is 17.2. The third-order valence-electron chi connectivity index (χ3n) is 3.79. The van der Waals surface area contributed by atoms with Crippen LogP contribution in [0.25, 0.3) is 11.1 Å². The maximum atomic E-state index is 12.1. The first kappa shape index (κ1) is 16.5. The lowest BCUT2D eigenvalue weighted by molar-refractivity contribution is 0.528. The largest absolute Gasteiger partial charge is 0.419 e. The van der Waals surface area contributed by atoms with Gasteiger partial charge in [-0.05, 0) is 29.7 Å². The molecular formula is C17H18N2O4S. The number of sulfonamides is 1. The number of aryl methyl sites for hydroxylation is 1. The molecule has 24 heavy (non-hydrogen) atoms. The molecule has 126 valence electrons. The van der Waals surface area contributed by atoms with Gasteiger partial charge in [-0.25, -0.2) is 17.9 Å². The van der Waals surface area contributed by atoms with Crippen LogP contribution < -0.4 is 10.5 Å². The van der Waals surface area contributed by atoms with Crippen LogP contribution in [-0.4, -0.2) is 19.5 Å². The summed E-state index contributed by atoms with van der Waals surface area (Å²) < 4.78 is 33.3. The number of hydrogen-bond acceptors (Lipinski definition) is 4. The van der Waals surface area contributed by atoms with Gasteiger partial charge < -0.3 is 4.42 Å². The Kier molecular flexibility index (Phi) is 4.55. The fourth-order valence-electron chi connectivity index (χ4n) is 2.52. The van der Waals surface area contributed by atoms with Crippen LogP contribution in [0.15, 0.2) is 57.7 Å². The van der Waals surface area contributed by atoms with Gasteiger partial charge in [0.15, 0.2) is 5.58 Å². The first-order valence-corrected chi connectivity index (χ1v) is 9.19. The molecule has 0 unspecified atom stereocenters. The van der Waals surface area contributed by atoms with Crippen molar-refractivity contribution in [2.75, 3.05) is 6.54 Å². The Labute approximate surface area is 139 Å². The van der Waals surface area contributed by atoms with Gasteiger partial charge in [0.05, 0.1) is 11.3 Å². The summed E-state index contributed by atoms with van der Waals surface area (Å²) in [6.07, 6.45) is 0.531. The standard InChI is InChI=1S/C17H18N2O4S/c1-19-15-11-13(7-8-16(15)23-17(19)20)9-10-18-24(21,22)12-14-5-3-2-4-6-14/h2-8,11,18H,9-10,12H2,1H3. The topological polar surface area (TPSA) is 81.3 Å². The van der Waals surface area contributed by atoms with E-state index >= 15 is 0 Å². The normalized spacial score (nSPS) is 11.9. The molecule has 0 radical (unpaired) electrons. The Morgan fingerprint density at radius 2 is 1.83 bits per heavy atom. The van der Waals surface area contributed by atoms with Crippen LogP contribution in [-0.2, 0) is 29.2 Å². The molecule has 7 heteroatoms. The highest BCUT2D eigenvalue weighted by molar-refractivity contribution is 7.88. The van der Waals surface area contributed by atoms with Crippen molar-refractivity contribution in [3.8, 4) is 0 Å². The third-order valence-corrected chi connectivity index (χ3v) is 5.15. The molecule has 0 saturated carbocycles. The van der Waals surface area contributed by atoms with Gasteiger partial charge in [0.25, 0.3) is 0 Å². The van der Waals surface area contributed by atoms with Crippen molar-refractivity contribution in [2.24, 2.45) is 7.05 Å². The number of fused-ring (bicyclic) bond motifs is 1. The van der Waals surface area contributed by atoms with Crippen LogP contribution in [0.2, 0.25) is 0 Å². The molecule has 0 fully saturated rings. The van der Waals surface area contributed by atoms with Crippen LogP contribution in [0, 0.1) is 0 Å². The molecular weight excluding hydrogens is 328 g/mol. The SMILES string of the molecule is Cn1c(=O)oc2ccc(CCNS(=O)(=O)Cc3ccccc3)cc21. The summed E-state index contributed by atoms with van der Waals surface area (Å²) in [5.74, 6) is -0.450. The van der Waals surface area contributed by atoms with Crippen molar-refractivity contribution in [1.29, 1.82) is 0 Å². The molecule has 1 heterocycles. The number of hydrogen-bond donors (Lipinski definition) is 1. The fourth-order valence-corrected chi connectivity index (χ4v) is 3.67. The Morgan fingerprint density at radius 3 is 2.58 bits per heavy atom. The predicted molar refractivity (Wildman–Crippen MR) is 92.2 cm³/mol. The van der Waals surface area contributed by atoms with Gasteiger partial charge in [0.1, 0.15) is 0 Å². The molecule has 0 atom stereocenters. The molecule has 1 aromatic heterocycles. The summed E-state index contributed by atoms with van der Waals surface area (Å²) in [4.78, 5) is 11.5. The molecule has 1 N–H and O–H groups in total. The predicted octanol–water partition coefficient (Wildman–Crippen LogP) is 1.79. The second-order valence-corrected chi connectivity index (χ2v) is 7.42. The van der Waals surface area contributed by atoms with E-state index in [4.69, 9.17) is 4.42 Å². The van der Waals surface area contributed by atoms with E-state index in [0.717, 1.165) is 11.1 Å². The Bertz CT molecular complexity index is 1000. The van der Waals surface area contributed by atoms with Crippen molar-refractivity contribution in [1.82, 2.24) is 9.29 Å². The second-order valence-electron chi connectivity index (χ2n) is 5.62. The monoisotopic (exact) mass is 346 g/mol. The summed E-state index contributed by atoms with van der Waals surface area (Å²) in [7, 11) is -1.74. The van der Waals surface area contributed by atoms with Crippen LogP contribution in [0.1, 0.15) is 11.1 Å². The van der Waals surface area contributed by atoms with E-state index in [1.165, 1.54) is 4.57 Å². The van der Waals surface area contributed by atoms with E-state index in [9.17, 15) is 13.2 Å². The van der Waals surface area contributed by atoms with Crippen LogP contribution in [0.5, 0.6) is 0 Å². The number of benzene rings is 2. The molecule has 3 rings (SSSR count). The number of nitrogens with zero attached hydrogens (tertiary/aromatic N) is 1. The Morgan fingerprint density at radius 1 is 1.08 bits per heavy atom. The molecule has 0 amide bonds. The average Bonchev–Trinajstić information content (AvgIpc) is 2.82. The van der Waals surface area contributed by atoms with Crippen LogP contribution in [0.3, 0.4) is 0 Å². The number of nitrogens with one attached hydrogen (secondary N) is 1. The molecule has 0 bridgehead atoms. The van der Waals surface area contributed by atoms with Gasteiger partial charge in [-0.15, -0.1) is 0 Å². The molecule has 2 aromatic carbocycles. The highest BCUT2D eigenvalue weighted by atomic mass is 32.2. The van der Waals surface area contributed by atoms with Gasteiger partial charge in [0, 0.05) is 13.6 Å². The van der Waals surface area contributed by atoms with Crippen molar-refractivity contribution in [3.63, 3.8) is 0 Å². The zero-order valence-corrected chi connectivity index (χ0v) is 14.0. The maximum Gasteiger partial charge on any atom is 0.419 e. The molecule has 0 aliphatic heterocycles. The lowest BCUT2D eigenvalue weighted by atomic mass is 10.1. The third kappa shape index (κ3) is 3.74. The van der Waals surface area contributed by atoms with Crippen molar-refractivity contribution in [3.05, 3.63) is 70.2 Å². The number of aromatic nitrogens is 1. The Hall–Kier alpha value is -2.38. The van der Waals surface area contributed by atoms with E-state index in [2.05, 4.69) is 4.72 Å². The maximum absolute atomic E-state index is 12.1. The summed E-state index contributed by atoms with van der Waals surface area (Å²) in [6, 6.07) is 14.4. The van der Waals surface area contributed by atoms with Crippen LogP contribution in [0.4, 0.5) is 0 Å². The minimum atomic E-state index is -3.38. The smallest absolute Gasteiger partial charge is 0.408 e. The lowest BCUT2D eigenvalue weighted by Crippen LogP contribution is -2.27. The first-order chi connectivity index (χ1) is 11.4. The molecule has 3 aromatic rings. The van der Waals surface area contributed by atoms with Gasteiger partial charge in [-0.2, -0.15) is 0 Å². The van der Waals surface area contributed by atoms with Gasteiger partial charge >= 0.3 is 5.76 Å². The van der Waals surface area contributed by atoms with Crippen molar-refractivity contribution >= 4 is 21.1 Å². The van der Waals surface area contributed by atoms with E-state index in [1.54, 1.807) is 25.2 Å². The molecule has 0 spiro atoms. The van der Waals surface area contributed by atoms with E-state index in [0.29, 0.717) is 24.1 Å². The van der Waals surface area contributed by atoms with Gasteiger partial charge in [-0.1, -0.05) is 36.4 Å². The zero-order valence-electron chi connectivity index (χ0n) is 13.2. The molecule has 0 saturated heterocycles. The van der Waals surface area contributed by atoms with E-state index < -0.39 is 15.8 Å². The Balaban J connectivity index is 1.63. The molecule has 0 aliphatic rings. The van der Waals surface area contributed by atoms with Crippen molar-refractivity contribution in [2.45, 2.75) is 12.2 Å². The fraction of sp³-hybridized carbons (Fsp3) is 0.235. The number of rotatable bonds is 6. The van der Waals surface area contributed by atoms with Crippen LogP contribution >= 0.6 is 0 Å². The summed E-state index contributed by atoms with van der Waals surface area (Å²) in [6.45, 7) is 0.298. The lowest BCUT2D eigenvalue weighted by Gasteiger charge is -2.07. The second kappa shape index (κ2) is 6.62. The number of oxazole rings is 1. The first-order valence-electron chi connectivity index (χ1n) is 7.54. The minimum absolute atomic E-state index is 0.0386. The van der Waals surface area contributed by atoms with E-state index in [1.807, 2.05) is 30.3 Å². The summed E-state index contributed by atoms with van der Waals surface area (Å²) in [5.41, 5.74) is 2.90. The molecule has 0 aliphatic carbocycles. The summed E-state index contributed by atoms with van der Waals surface area (Å²) >= 11 is 0. The highest BCUT2D eigenvalue weighted by Gasteiger charge is 2.11. The quantitative estimate of drug-likeness (QED) is 0.738. The highest BCUT2D eigenvalue weighted by Crippen LogP contribution is 2.14. The molecule has 6 nitrogen and oxygen atoms in total. The average molecular weight is 346 g/mol. The van der Waals surface area contributed by atoms with Gasteiger partial charge in [0.2, 0.25) is 10.0 Å². The summed E-state index contributed by atoms with van der Waals surface area (Å²) in [5, 5.41) is 0. The minimum Gasteiger partial charge on any atom is -0.408 e. The van der Waals surface area contributed by atoms with E-state index in [-0.39, 0.29) is 5.75 Å².